The number of amides is 2. The molecule has 6 nitrogen and oxygen atoms in total. The second-order valence-electron chi connectivity index (χ2n) is 7.18. The molecule has 0 radical (unpaired) electrons. The number of aromatic nitrogens is 2. The van der Waals surface area contributed by atoms with Crippen molar-refractivity contribution in [2.75, 3.05) is 5.32 Å². The second kappa shape index (κ2) is 9.02. The van der Waals surface area contributed by atoms with Gasteiger partial charge in [0.2, 0.25) is 5.91 Å². The molecule has 0 aliphatic carbocycles. The number of benzene rings is 3. The summed E-state index contributed by atoms with van der Waals surface area (Å²) < 4.78 is 1.80. The van der Waals surface area contributed by atoms with Crippen LogP contribution >= 0.6 is 11.6 Å². The van der Waals surface area contributed by atoms with Crippen molar-refractivity contribution >= 4 is 40.1 Å². The van der Waals surface area contributed by atoms with Crippen molar-refractivity contribution in [2.24, 2.45) is 0 Å². The maximum Gasteiger partial charge on any atom is 0.251 e. The lowest BCUT2D eigenvalue weighted by atomic mass is 10.1. The predicted octanol–water partition coefficient (Wildman–Crippen LogP) is 4.57. The first-order valence-electron chi connectivity index (χ1n) is 9.84. The maximum absolute atomic E-state index is 12.7. The third kappa shape index (κ3) is 4.75. The van der Waals surface area contributed by atoms with Gasteiger partial charge in [-0.05, 0) is 43.3 Å². The fourth-order valence-electron chi connectivity index (χ4n) is 3.30. The van der Waals surface area contributed by atoms with Gasteiger partial charge < -0.3 is 15.2 Å². The first-order chi connectivity index (χ1) is 15.0. The molecule has 1 aromatic heterocycles. The lowest BCUT2D eigenvalue weighted by molar-refractivity contribution is -0.116. The molecule has 31 heavy (non-hydrogen) atoms. The number of carbonyl (C=O) groups is 2. The summed E-state index contributed by atoms with van der Waals surface area (Å²) in [5.41, 5.74) is 3.78. The summed E-state index contributed by atoms with van der Waals surface area (Å²) in [6, 6.07) is 22.0. The summed E-state index contributed by atoms with van der Waals surface area (Å²) in [4.78, 5) is 29.8. The molecule has 0 saturated carbocycles. The molecule has 2 amide bonds. The highest BCUT2D eigenvalue weighted by molar-refractivity contribution is 6.33. The van der Waals surface area contributed by atoms with Gasteiger partial charge in [0, 0.05) is 5.56 Å². The topological polar surface area (TPSA) is 76.0 Å². The van der Waals surface area contributed by atoms with Crippen molar-refractivity contribution in [3.8, 4) is 0 Å². The standard InChI is InChI=1S/C24H21ClN4O2/c1-16-10-12-17(13-11-16)24(31)26-14-22-27-20-8-4-5-9-21(20)29(22)15-23(30)28-19-7-3-2-6-18(19)25/h2-13H,14-15H2,1H3,(H,26,31)(H,28,30). The van der Waals surface area contributed by atoms with Gasteiger partial charge in [-0.25, -0.2) is 4.98 Å². The minimum absolute atomic E-state index is 0.0431. The number of halogens is 1. The molecule has 0 spiro atoms. The summed E-state index contributed by atoms with van der Waals surface area (Å²) in [6.07, 6.45) is 0. The van der Waals surface area contributed by atoms with Gasteiger partial charge in [-0.1, -0.05) is 53.6 Å². The minimum Gasteiger partial charge on any atom is -0.345 e. The molecular formula is C24H21ClN4O2. The summed E-state index contributed by atoms with van der Waals surface area (Å²) >= 11 is 6.15. The van der Waals surface area contributed by atoms with E-state index in [0.717, 1.165) is 16.6 Å². The fraction of sp³-hybridized carbons (Fsp3) is 0.125. The number of para-hydroxylation sites is 3. The zero-order valence-corrected chi connectivity index (χ0v) is 17.7. The van der Waals surface area contributed by atoms with Crippen LogP contribution in [0.1, 0.15) is 21.7 Å². The first kappa shape index (κ1) is 20.6. The molecule has 2 N–H and O–H groups in total. The Bertz CT molecular complexity index is 1250. The van der Waals surface area contributed by atoms with Crippen LogP contribution in [-0.2, 0) is 17.9 Å². The highest BCUT2D eigenvalue weighted by Crippen LogP contribution is 2.21. The van der Waals surface area contributed by atoms with Crippen LogP contribution in [0, 0.1) is 6.92 Å². The zero-order valence-electron chi connectivity index (χ0n) is 16.9. The molecule has 156 valence electrons. The quantitative estimate of drug-likeness (QED) is 0.468. The Balaban J connectivity index is 1.54. The van der Waals surface area contributed by atoms with Crippen molar-refractivity contribution in [1.82, 2.24) is 14.9 Å². The van der Waals surface area contributed by atoms with E-state index in [1.807, 2.05) is 43.3 Å². The van der Waals surface area contributed by atoms with Gasteiger partial charge >= 0.3 is 0 Å². The smallest absolute Gasteiger partial charge is 0.251 e. The molecular weight excluding hydrogens is 412 g/mol. The molecule has 0 aliphatic rings. The number of hydrogen-bond donors (Lipinski definition) is 2. The van der Waals surface area contributed by atoms with E-state index in [1.54, 1.807) is 41.0 Å². The number of rotatable bonds is 6. The van der Waals surface area contributed by atoms with Crippen LogP contribution in [0.3, 0.4) is 0 Å². The van der Waals surface area contributed by atoms with Gasteiger partial charge in [-0.2, -0.15) is 0 Å². The fourth-order valence-corrected chi connectivity index (χ4v) is 3.48. The number of carbonyl (C=O) groups excluding carboxylic acids is 2. The van der Waals surface area contributed by atoms with Crippen molar-refractivity contribution < 1.29 is 9.59 Å². The third-order valence-electron chi connectivity index (χ3n) is 4.90. The molecule has 7 heteroatoms. The Morgan fingerprint density at radius 1 is 0.968 bits per heavy atom. The number of fused-ring (bicyclic) bond motifs is 1. The zero-order chi connectivity index (χ0) is 21.8. The van der Waals surface area contributed by atoms with Crippen molar-refractivity contribution in [3.63, 3.8) is 0 Å². The average molecular weight is 433 g/mol. The Hall–Kier alpha value is -3.64. The Morgan fingerprint density at radius 3 is 2.45 bits per heavy atom. The van der Waals surface area contributed by atoms with Gasteiger partial charge in [0.25, 0.3) is 5.91 Å². The molecule has 0 unspecified atom stereocenters. The number of aryl methyl sites for hydroxylation is 1. The Morgan fingerprint density at radius 2 is 1.68 bits per heavy atom. The van der Waals surface area contributed by atoms with Crippen LogP contribution in [0.5, 0.6) is 0 Å². The number of nitrogens with zero attached hydrogens (tertiary/aromatic N) is 2. The molecule has 0 atom stereocenters. The molecule has 0 bridgehead atoms. The molecule has 0 saturated heterocycles. The highest BCUT2D eigenvalue weighted by atomic mass is 35.5. The van der Waals surface area contributed by atoms with Crippen molar-refractivity contribution in [3.05, 3.63) is 94.8 Å². The van der Waals surface area contributed by atoms with Crippen LogP contribution in [0.15, 0.2) is 72.8 Å². The second-order valence-corrected chi connectivity index (χ2v) is 7.59. The Labute approximate surface area is 184 Å². The molecule has 4 aromatic rings. The number of hydrogen-bond acceptors (Lipinski definition) is 3. The number of imidazole rings is 1. The SMILES string of the molecule is Cc1ccc(C(=O)NCc2nc3ccccc3n2CC(=O)Nc2ccccc2Cl)cc1. The van der Waals surface area contributed by atoms with E-state index in [9.17, 15) is 9.59 Å². The molecule has 0 fully saturated rings. The van der Waals surface area contributed by atoms with Gasteiger partial charge in [0.1, 0.15) is 12.4 Å². The molecule has 3 aromatic carbocycles. The monoisotopic (exact) mass is 432 g/mol. The van der Waals surface area contributed by atoms with E-state index in [1.165, 1.54) is 0 Å². The van der Waals surface area contributed by atoms with Gasteiger partial charge in [-0.15, -0.1) is 0 Å². The van der Waals surface area contributed by atoms with Crippen LogP contribution in [0.4, 0.5) is 5.69 Å². The average Bonchev–Trinajstić information content (AvgIpc) is 3.11. The van der Waals surface area contributed by atoms with E-state index in [4.69, 9.17) is 11.6 Å². The third-order valence-corrected chi connectivity index (χ3v) is 5.23. The van der Waals surface area contributed by atoms with Crippen LogP contribution in [0.2, 0.25) is 5.02 Å². The van der Waals surface area contributed by atoms with E-state index >= 15 is 0 Å². The van der Waals surface area contributed by atoms with E-state index in [0.29, 0.717) is 22.1 Å². The predicted molar refractivity (Wildman–Crippen MR) is 122 cm³/mol. The maximum atomic E-state index is 12.7. The van der Waals surface area contributed by atoms with Gasteiger partial charge in [0.05, 0.1) is 28.3 Å². The molecule has 0 aliphatic heterocycles. The summed E-state index contributed by atoms with van der Waals surface area (Å²) in [5, 5.41) is 6.19. The lowest BCUT2D eigenvalue weighted by Gasteiger charge is -2.12. The van der Waals surface area contributed by atoms with Crippen LogP contribution < -0.4 is 10.6 Å². The van der Waals surface area contributed by atoms with Gasteiger partial charge in [-0.3, -0.25) is 9.59 Å². The van der Waals surface area contributed by atoms with Gasteiger partial charge in [0.15, 0.2) is 0 Å². The van der Waals surface area contributed by atoms with Crippen molar-refractivity contribution in [1.29, 1.82) is 0 Å². The molecule has 1 heterocycles. The molecule has 4 rings (SSSR count). The number of nitrogens with one attached hydrogen (secondary N) is 2. The lowest BCUT2D eigenvalue weighted by Crippen LogP contribution is -2.26. The largest absolute Gasteiger partial charge is 0.345 e. The number of anilines is 1. The minimum atomic E-state index is -0.234. The Kier molecular flexibility index (Phi) is 6.00. The van der Waals surface area contributed by atoms with Crippen LogP contribution in [-0.4, -0.2) is 21.4 Å². The highest BCUT2D eigenvalue weighted by Gasteiger charge is 2.15. The first-order valence-corrected chi connectivity index (χ1v) is 10.2. The van der Waals surface area contributed by atoms with Crippen molar-refractivity contribution in [2.45, 2.75) is 20.0 Å². The van der Waals surface area contributed by atoms with Crippen LogP contribution in [0.25, 0.3) is 11.0 Å². The van der Waals surface area contributed by atoms with E-state index in [2.05, 4.69) is 15.6 Å². The summed E-state index contributed by atoms with van der Waals surface area (Å²) in [5.74, 6) is 0.164. The van der Waals surface area contributed by atoms with E-state index in [-0.39, 0.29) is 24.9 Å². The normalized spacial score (nSPS) is 10.8. The summed E-state index contributed by atoms with van der Waals surface area (Å²) in [6.45, 7) is 2.21. The van der Waals surface area contributed by atoms with E-state index < -0.39 is 0 Å². The summed E-state index contributed by atoms with van der Waals surface area (Å²) in [7, 11) is 0.